The number of hydrogen-bond acceptors (Lipinski definition) is 7. The van der Waals surface area contributed by atoms with Gasteiger partial charge in [-0.2, -0.15) is 13.2 Å². The SMILES string of the molecule is O=C(CO[C@H]1CC[C@H](Nc2ccc([N+](=O)[O-])c(C(F)(F)F)c2)CC1)N1CCN(c2ccc3cc(Cl)ccc3n2)CC1. The quantitative estimate of drug-likeness (QED) is 0.269. The predicted octanol–water partition coefficient (Wildman–Crippen LogP) is 5.90. The molecule has 0 spiro atoms. The fourth-order valence-electron chi connectivity index (χ4n) is 5.35. The van der Waals surface area contributed by atoms with Gasteiger partial charge in [-0.25, -0.2) is 4.98 Å². The van der Waals surface area contributed by atoms with E-state index in [1.807, 2.05) is 30.3 Å². The Labute approximate surface area is 239 Å². The molecule has 9 nitrogen and oxygen atoms in total. The van der Waals surface area contributed by atoms with Gasteiger partial charge in [0.2, 0.25) is 5.91 Å². The van der Waals surface area contributed by atoms with Crippen molar-refractivity contribution in [3.05, 3.63) is 69.2 Å². The number of carbonyl (C=O) groups is 1. The number of ether oxygens (including phenoxy) is 1. The molecule has 13 heteroatoms. The largest absolute Gasteiger partial charge is 0.423 e. The van der Waals surface area contributed by atoms with E-state index in [4.69, 9.17) is 21.3 Å². The van der Waals surface area contributed by atoms with Gasteiger partial charge in [-0.05, 0) is 68.1 Å². The number of nitrogens with one attached hydrogen (secondary N) is 1. The molecule has 1 aromatic heterocycles. The number of fused-ring (bicyclic) bond motifs is 1. The van der Waals surface area contributed by atoms with Crippen LogP contribution >= 0.6 is 11.6 Å². The third-order valence-electron chi connectivity index (χ3n) is 7.58. The Bertz CT molecular complexity index is 1420. The Kier molecular flexibility index (Phi) is 8.50. The number of nitro benzene ring substituents is 1. The van der Waals surface area contributed by atoms with E-state index in [2.05, 4.69) is 10.2 Å². The summed E-state index contributed by atoms with van der Waals surface area (Å²) in [6.07, 6.45) is -2.36. The lowest BCUT2D eigenvalue weighted by molar-refractivity contribution is -0.388. The first-order valence-electron chi connectivity index (χ1n) is 13.4. The lowest BCUT2D eigenvalue weighted by Gasteiger charge is -2.36. The molecule has 0 atom stereocenters. The van der Waals surface area contributed by atoms with E-state index in [1.54, 1.807) is 4.90 Å². The summed E-state index contributed by atoms with van der Waals surface area (Å²) in [4.78, 5) is 31.4. The Morgan fingerprint density at radius 3 is 2.46 bits per heavy atom. The first-order valence-corrected chi connectivity index (χ1v) is 13.8. The van der Waals surface area contributed by atoms with Gasteiger partial charge in [-0.1, -0.05) is 11.6 Å². The molecule has 2 aliphatic rings. The summed E-state index contributed by atoms with van der Waals surface area (Å²) >= 11 is 6.06. The number of aromatic nitrogens is 1. The molecule has 0 bridgehead atoms. The van der Waals surface area contributed by atoms with Crippen molar-refractivity contribution in [1.29, 1.82) is 0 Å². The average molecular weight is 592 g/mol. The smallest absolute Gasteiger partial charge is 0.382 e. The van der Waals surface area contributed by atoms with E-state index in [0.717, 1.165) is 28.9 Å². The molecular formula is C28H29ClF3N5O4. The second-order valence-electron chi connectivity index (χ2n) is 10.3. The van der Waals surface area contributed by atoms with Crippen LogP contribution in [0.4, 0.5) is 30.4 Å². The molecule has 1 aliphatic carbocycles. The highest BCUT2D eigenvalue weighted by molar-refractivity contribution is 6.31. The Morgan fingerprint density at radius 2 is 1.78 bits per heavy atom. The van der Waals surface area contributed by atoms with Gasteiger partial charge in [0.05, 0.1) is 16.5 Å². The molecule has 2 fully saturated rings. The maximum absolute atomic E-state index is 13.3. The summed E-state index contributed by atoms with van der Waals surface area (Å²) in [6.45, 7) is 2.43. The van der Waals surface area contributed by atoms with Crippen LogP contribution in [0.1, 0.15) is 31.2 Å². The van der Waals surface area contributed by atoms with E-state index < -0.39 is 22.4 Å². The first kappa shape index (κ1) is 28.9. The van der Waals surface area contributed by atoms with Crippen LogP contribution in [0, 0.1) is 10.1 Å². The van der Waals surface area contributed by atoms with Crippen LogP contribution in [0.25, 0.3) is 10.9 Å². The van der Waals surface area contributed by atoms with Crippen LogP contribution < -0.4 is 10.2 Å². The second kappa shape index (κ2) is 12.1. The van der Waals surface area contributed by atoms with Crippen molar-refractivity contribution in [3.8, 4) is 0 Å². The maximum atomic E-state index is 13.3. The highest BCUT2D eigenvalue weighted by atomic mass is 35.5. The number of pyridine rings is 1. The van der Waals surface area contributed by atoms with Gasteiger partial charge in [-0.15, -0.1) is 0 Å². The third kappa shape index (κ3) is 6.99. The number of amides is 1. The van der Waals surface area contributed by atoms with E-state index in [-0.39, 0.29) is 30.3 Å². The molecule has 1 N–H and O–H groups in total. The number of piperazine rings is 1. The van der Waals surface area contributed by atoms with Crippen molar-refractivity contribution in [1.82, 2.24) is 9.88 Å². The summed E-state index contributed by atoms with van der Waals surface area (Å²) in [5.74, 6) is 0.786. The Morgan fingerprint density at radius 1 is 1.05 bits per heavy atom. The molecule has 1 amide bonds. The molecule has 2 aromatic carbocycles. The van der Waals surface area contributed by atoms with Crippen LogP contribution in [0.2, 0.25) is 5.02 Å². The monoisotopic (exact) mass is 591 g/mol. The van der Waals surface area contributed by atoms with Crippen molar-refractivity contribution < 1.29 is 27.6 Å². The maximum Gasteiger partial charge on any atom is 0.423 e. The zero-order valence-corrected chi connectivity index (χ0v) is 22.8. The number of hydrogen-bond donors (Lipinski definition) is 1. The zero-order valence-electron chi connectivity index (χ0n) is 22.1. The van der Waals surface area contributed by atoms with Gasteiger partial charge < -0.3 is 19.9 Å². The molecule has 3 aromatic rings. The number of rotatable bonds is 7. The molecule has 2 heterocycles. The van der Waals surface area contributed by atoms with Crippen LogP contribution in [-0.4, -0.2) is 65.6 Å². The number of nitrogens with zero attached hydrogens (tertiary/aromatic N) is 4. The fraction of sp³-hybridized carbons (Fsp3) is 0.429. The molecule has 218 valence electrons. The summed E-state index contributed by atoms with van der Waals surface area (Å²) < 4.78 is 45.7. The third-order valence-corrected chi connectivity index (χ3v) is 7.81. The van der Waals surface area contributed by atoms with Gasteiger partial charge in [0.25, 0.3) is 5.69 Å². The van der Waals surface area contributed by atoms with Gasteiger partial charge in [0, 0.05) is 54.4 Å². The van der Waals surface area contributed by atoms with E-state index in [0.29, 0.717) is 56.9 Å². The highest BCUT2D eigenvalue weighted by Crippen LogP contribution is 2.38. The minimum atomic E-state index is -4.83. The Balaban J connectivity index is 1.05. The Hall–Kier alpha value is -3.64. The number of benzene rings is 2. The lowest BCUT2D eigenvalue weighted by Crippen LogP contribution is -2.50. The summed E-state index contributed by atoms with van der Waals surface area (Å²) in [5, 5.41) is 15.7. The van der Waals surface area contributed by atoms with Crippen LogP contribution in [-0.2, 0) is 15.7 Å². The second-order valence-corrected chi connectivity index (χ2v) is 10.7. The summed E-state index contributed by atoms with van der Waals surface area (Å²) in [5.41, 5.74) is -1.20. The molecule has 0 radical (unpaired) electrons. The average Bonchev–Trinajstić information content (AvgIpc) is 2.96. The number of anilines is 2. The van der Waals surface area contributed by atoms with Crippen LogP contribution in [0.3, 0.4) is 0 Å². The number of carbonyl (C=O) groups excluding carboxylic acids is 1. The summed E-state index contributed by atoms with van der Waals surface area (Å²) in [7, 11) is 0. The molecule has 1 saturated carbocycles. The minimum absolute atomic E-state index is 0.0188. The minimum Gasteiger partial charge on any atom is -0.382 e. The molecule has 5 rings (SSSR count). The topological polar surface area (TPSA) is 101 Å². The van der Waals surface area contributed by atoms with Gasteiger partial charge in [0.15, 0.2) is 0 Å². The number of nitro groups is 1. The summed E-state index contributed by atoms with van der Waals surface area (Å²) in [6, 6.07) is 12.4. The normalized spacial score (nSPS) is 19.8. The van der Waals surface area contributed by atoms with Crippen molar-refractivity contribution in [2.24, 2.45) is 0 Å². The van der Waals surface area contributed by atoms with E-state index in [1.165, 1.54) is 6.07 Å². The van der Waals surface area contributed by atoms with Crippen molar-refractivity contribution >= 4 is 45.6 Å². The van der Waals surface area contributed by atoms with E-state index in [9.17, 15) is 28.1 Å². The molecular weight excluding hydrogens is 563 g/mol. The predicted molar refractivity (Wildman–Crippen MR) is 149 cm³/mol. The van der Waals surface area contributed by atoms with E-state index >= 15 is 0 Å². The standard InChI is InChI=1S/C28H29ClF3N5O4/c29-19-2-8-24-18(15-19)1-10-26(34-24)35-11-13-36(14-12-35)27(38)17-41-22-6-3-20(4-7-22)33-21-5-9-25(37(39)40)23(16-21)28(30,31)32/h1-2,5,8-10,15-16,20,22,33H,3-4,6-7,11-14,17H2/t20-,22-. The number of halogens is 4. The molecule has 0 unspecified atom stereocenters. The van der Waals surface area contributed by atoms with Gasteiger partial charge in [-0.3, -0.25) is 14.9 Å². The van der Waals surface area contributed by atoms with Crippen molar-refractivity contribution in [2.45, 2.75) is 44.0 Å². The van der Waals surface area contributed by atoms with Gasteiger partial charge in [0.1, 0.15) is 18.0 Å². The molecule has 1 saturated heterocycles. The van der Waals surface area contributed by atoms with Crippen molar-refractivity contribution in [2.75, 3.05) is 43.0 Å². The fourth-order valence-corrected chi connectivity index (χ4v) is 5.53. The van der Waals surface area contributed by atoms with Crippen LogP contribution in [0.5, 0.6) is 0 Å². The first-order chi connectivity index (χ1) is 19.6. The van der Waals surface area contributed by atoms with Crippen LogP contribution in [0.15, 0.2) is 48.5 Å². The number of alkyl halides is 3. The molecule has 41 heavy (non-hydrogen) atoms. The molecule has 1 aliphatic heterocycles. The lowest BCUT2D eigenvalue weighted by atomic mass is 9.92. The zero-order chi connectivity index (χ0) is 29.1. The van der Waals surface area contributed by atoms with Crippen molar-refractivity contribution in [3.63, 3.8) is 0 Å². The van der Waals surface area contributed by atoms with Gasteiger partial charge >= 0.3 is 6.18 Å². The highest BCUT2D eigenvalue weighted by Gasteiger charge is 2.38.